The lowest BCUT2D eigenvalue weighted by atomic mass is 10.1. The van der Waals surface area contributed by atoms with Gasteiger partial charge in [-0.3, -0.25) is 9.78 Å². The Kier molecular flexibility index (Phi) is 5.07. The number of fused-ring (bicyclic) bond motifs is 1. The van der Waals surface area contributed by atoms with Crippen molar-refractivity contribution in [2.45, 2.75) is 12.8 Å². The van der Waals surface area contributed by atoms with E-state index >= 15 is 0 Å². The summed E-state index contributed by atoms with van der Waals surface area (Å²) in [4.78, 5) is 19.0. The summed E-state index contributed by atoms with van der Waals surface area (Å²) in [5.74, 6) is -0.00839. The molecular formula is C22H20ClN3O. The molecule has 4 rings (SSSR count). The smallest absolute Gasteiger partial charge is 0.259 e. The Morgan fingerprint density at radius 2 is 2.00 bits per heavy atom. The van der Waals surface area contributed by atoms with Crippen molar-refractivity contribution in [1.29, 1.82) is 0 Å². The second-order valence-electron chi connectivity index (χ2n) is 6.60. The van der Waals surface area contributed by atoms with Gasteiger partial charge in [0, 0.05) is 36.2 Å². The Bertz CT molecular complexity index is 973. The summed E-state index contributed by atoms with van der Waals surface area (Å²) in [5, 5.41) is 4.08. The van der Waals surface area contributed by atoms with Gasteiger partial charge in [-0.05, 0) is 48.2 Å². The summed E-state index contributed by atoms with van der Waals surface area (Å²) in [5.41, 5.74) is 4.83. The van der Waals surface area contributed by atoms with Gasteiger partial charge in [0.05, 0.1) is 11.3 Å². The molecule has 136 valence electrons. The van der Waals surface area contributed by atoms with Crippen molar-refractivity contribution in [3.05, 3.63) is 88.7 Å². The van der Waals surface area contributed by atoms with Gasteiger partial charge in [-0.25, -0.2) is 0 Å². The van der Waals surface area contributed by atoms with Crippen molar-refractivity contribution in [2.75, 3.05) is 23.3 Å². The van der Waals surface area contributed by atoms with Crippen LogP contribution < -0.4 is 10.2 Å². The number of amides is 1. The topological polar surface area (TPSA) is 45.2 Å². The number of pyridine rings is 1. The van der Waals surface area contributed by atoms with Crippen LogP contribution in [0.25, 0.3) is 0 Å². The minimum Gasteiger partial charge on any atom is -0.383 e. The normalized spacial score (nSPS) is 12.7. The van der Waals surface area contributed by atoms with Crippen molar-refractivity contribution < 1.29 is 4.79 Å². The lowest BCUT2D eigenvalue weighted by molar-refractivity contribution is 0.0989. The van der Waals surface area contributed by atoms with E-state index in [0.29, 0.717) is 12.1 Å². The van der Waals surface area contributed by atoms with Gasteiger partial charge in [-0.1, -0.05) is 41.9 Å². The highest BCUT2D eigenvalue weighted by Crippen LogP contribution is 2.29. The number of benzene rings is 2. The van der Waals surface area contributed by atoms with E-state index < -0.39 is 0 Å². The number of halogens is 1. The zero-order valence-corrected chi connectivity index (χ0v) is 15.6. The highest BCUT2D eigenvalue weighted by molar-refractivity contribution is 6.30. The molecule has 5 heteroatoms. The summed E-state index contributed by atoms with van der Waals surface area (Å²) in [6.45, 7) is 1.46. The molecule has 0 saturated heterocycles. The van der Waals surface area contributed by atoms with Gasteiger partial charge in [0.25, 0.3) is 5.91 Å². The minimum absolute atomic E-state index is 0.00839. The van der Waals surface area contributed by atoms with E-state index in [1.54, 1.807) is 12.4 Å². The van der Waals surface area contributed by atoms with Gasteiger partial charge >= 0.3 is 0 Å². The first-order valence-corrected chi connectivity index (χ1v) is 9.41. The molecule has 1 aliphatic heterocycles. The van der Waals surface area contributed by atoms with Crippen LogP contribution in [0, 0.1) is 0 Å². The van der Waals surface area contributed by atoms with Gasteiger partial charge in [0.2, 0.25) is 0 Å². The van der Waals surface area contributed by atoms with Crippen molar-refractivity contribution in [3.8, 4) is 0 Å². The van der Waals surface area contributed by atoms with Crippen molar-refractivity contribution in [3.63, 3.8) is 0 Å². The first-order chi connectivity index (χ1) is 13.2. The number of hydrogen-bond acceptors (Lipinski definition) is 3. The number of hydrogen-bond donors (Lipinski definition) is 1. The van der Waals surface area contributed by atoms with Gasteiger partial charge in [0.15, 0.2) is 0 Å². The molecule has 0 atom stereocenters. The van der Waals surface area contributed by atoms with Crippen LogP contribution in [-0.4, -0.2) is 24.0 Å². The van der Waals surface area contributed by atoms with Gasteiger partial charge in [-0.2, -0.15) is 0 Å². The molecule has 27 heavy (non-hydrogen) atoms. The minimum atomic E-state index is -0.00839. The molecule has 2 heterocycles. The predicted molar refractivity (Wildman–Crippen MR) is 110 cm³/mol. The summed E-state index contributed by atoms with van der Waals surface area (Å²) < 4.78 is 0. The summed E-state index contributed by atoms with van der Waals surface area (Å²) in [6, 6.07) is 17.8. The number of carbonyl (C=O) groups is 1. The zero-order chi connectivity index (χ0) is 18.6. The number of para-hydroxylation sites is 1. The third-order valence-corrected chi connectivity index (χ3v) is 4.98. The number of anilines is 2. The SMILES string of the molecule is O=C(c1cncc(NCCc2cccc(Cl)c2)c1)N1CCc2ccccc21. The Morgan fingerprint density at radius 1 is 1.11 bits per heavy atom. The number of rotatable bonds is 5. The Balaban J connectivity index is 1.42. The molecule has 3 aromatic rings. The van der Waals surface area contributed by atoms with E-state index in [0.717, 1.165) is 35.8 Å². The van der Waals surface area contributed by atoms with Crippen LogP contribution in [0.1, 0.15) is 21.5 Å². The third-order valence-electron chi connectivity index (χ3n) is 4.75. The molecule has 4 nitrogen and oxygen atoms in total. The highest BCUT2D eigenvalue weighted by atomic mass is 35.5. The fourth-order valence-corrected chi connectivity index (χ4v) is 3.62. The standard InChI is InChI=1S/C22H20ClN3O/c23-19-6-3-4-16(12-19)8-10-25-20-13-18(14-24-15-20)22(27)26-11-9-17-5-1-2-7-21(17)26/h1-7,12-15,25H,8-11H2. The monoisotopic (exact) mass is 377 g/mol. The van der Waals surface area contributed by atoms with Gasteiger partial charge in [0.1, 0.15) is 0 Å². The summed E-state index contributed by atoms with van der Waals surface area (Å²) in [6.07, 6.45) is 5.11. The number of aromatic nitrogens is 1. The predicted octanol–water partition coefficient (Wildman–Crippen LogP) is 4.59. The first-order valence-electron chi connectivity index (χ1n) is 9.04. The maximum Gasteiger partial charge on any atom is 0.259 e. The molecule has 1 aliphatic rings. The molecule has 0 radical (unpaired) electrons. The summed E-state index contributed by atoms with van der Waals surface area (Å²) >= 11 is 6.02. The van der Waals surface area contributed by atoms with Crippen LogP contribution in [0.15, 0.2) is 67.0 Å². The largest absolute Gasteiger partial charge is 0.383 e. The van der Waals surface area contributed by atoms with Crippen LogP contribution in [0.3, 0.4) is 0 Å². The van der Waals surface area contributed by atoms with Crippen LogP contribution >= 0.6 is 11.6 Å². The zero-order valence-electron chi connectivity index (χ0n) is 14.9. The maximum atomic E-state index is 12.9. The molecule has 1 amide bonds. The molecule has 0 unspecified atom stereocenters. The molecule has 1 N–H and O–H groups in total. The van der Waals surface area contributed by atoms with Crippen molar-refractivity contribution in [2.24, 2.45) is 0 Å². The van der Waals surface area contributed by atoms with Crippen LogP contribution in [0.2, 0.25) is 5.02 Å². The molecule has 0 bridgehead atoms. The number of carbonyl (C=O) groups excluding carboxylic acids is 1. The summed E-state index contributed by atoms with van der Waals surface area (Å²) in [7, 11) is 0. The quantitative estimate of drug-likeness (QED) is 0.707. The number of nitrogens with one attached hydrogen (secondary N) is 1. The first kappa shape index (κ1) is 17.6. The lowest BCUT2D eigenvalue weighted by Crippen LogP contribution is -2.29. The Morgan fingerprint density at radius 3 is 2.89 bits per heavy atom. The Labute approximate surface area is 163 Å². The van der Waals surface area contributed by atoms with E-state index in [9.17, 15) is 4.79 Å². The van der Waals surface area contributed by atoms with Crippen molar-refractivity contribution in [1.82, 2.24) is 4.98 Å². The molecular weight excluding hydrogens is 358 g/mol. The van der Waals surface area contributed by atoms with Gasteiger partial charge in [-0.15, -0.1) is 0 Å². The van der Waals surface area contributed by atoms with E-state index in [2.05, 4.69) is 22.4 Å². The second kappa shape index (κ2) is 7.80. The maximum absolute atomic E-state index is 12.9. The van der Waals surface area contributed by atoms with Crippen LogP contribution in [0.4, 0.5) is 11.4 Å². The fraction of sp³-hybridized carbons (Fsp3) is 0.182. The van der Waals surface area contributed by atoms with Crippen molar-refractivity contribution >= 4 is 28.9 Å². The van der Waals surface area contributed by atoms with Crippen LogP contribution in [0.5, 0.6) is 0 Å². The van der Waals surface area contributed by atoms with Crippen LogP contribution in [-0.2, 0) is 12.8 Å². The molecule has 0 aliphatic carbocycles. The molecule has 0 spiro atoms. The van der Waals surface area contributed by atoms with Gasteiger partial charge < -0.3 is 10.2 Å². The van der Waals surface area contributed by atoms with E-state index in [1.165, 1.54) is 11.1 Å². The lowest BCUT2D eigenvalue weighted by Gasteiger charge is -2.17. The average molecular weight is 378 g/mol. The fourth-order valence-electron chi connectivity index (χ4n) is 3.40. The molecule has 0 saturated carbocycles. The highest BCUT2D eigenvalue weighted by Gasteiger charge is 2.25. The van der Waals surface area contributed by atoms with E-state index in [1.807, 2.05) is 47.4 Å². The second-order valence-corrected chi connectivity index (χ2v) is 7.04. The average Bonchev–Trinajstić information content (AvgIpc) is 3.12. The third kappa shape index (κ3) is 3.96. The van der Waals surface area contributed by atoms with E-state index in [-0.39, 0.29) is 5.91 Å². The molecule has 2 aromatic carbocycles. The number of nitrogens with zero attached hydrogens (tertiary/aromatic N) is 2. The molecule has 1 aromatic heterocycles. The Hall–Kier alpha value is -2.85. The van der Waals surface area contributed by atoms with E-state index in [4.69, 9.17) is 11.6 Å². The molecule has 0 fully saturated rings.